The number of esters is 1. The van der Waals surface area contributed by atoms with Gasteiger partial charge in [-0.05, 0) is 24.6 Å². The molecule has 0 bridgehead atoms. The fourth-order valence-corrected chi connectivity index (χ4v) is 3.34. The van der Waals surface area contributed by atoms with E-state index in [1.54, 1.807) is 37.3 Å². The van der Waals surface area contributed by atoms with Gasteiger partial charge in [0, 0.05) is 6.54 Å². The summed E-state index contributed by atoms with van der Waals surface area (Å²) >= 11 is 0. The van der Waals surface area contributed by atoms with E-state index >= 15 is 0 Å². The number of nitrogens with one attached hydrogen (secondary N) is 1. The van der Waals surface area contributed by atoms with E-state index in [-0.39, 0.29) is 24.5 Å². The van der Waals surface area contributed by atoms with Crippen LogP contribution in [0.1, 0.15) is 33.2 Å². The van der Waals surface area contributed by atoms with Crippen molar-refractivity contribution < 1.29 is 23.5 Å². The summed E-state index contributed by atoms with van der Waals surface area (Å²) in [6.07, 6.45) is 0. The van der Waals surface area contributed by atoms with Crippen LogP contribution in [0.25, 0.3) is 0 Å². The highest BCUT2D eigenvalue weighted by atomic mass is 19.1. The fraction of sp³-hybridized carbons (Fsp3) is 0.208. The van der Waals surface area contributed by atoms with Crippen molar-refractivity contribution in [2.45, 2.75) is 20.0 Å². The first-order chi connectivity index (χ1) is 16.7. The van der Waals surface area contributed by atoms with Gasteiger partial charge in [0.1, 0.15) is 23.7 Å². The molecule has 0 unspecified atom stereocenters. The first-order valence-corrected chi connectivity index (χ1v) is 10.6. The predicted octanol–water partition coefficient (Wildman–Crippen LogP) is 0.955. The van der Waals surface area contributed by atoms with E-state index in [0.29, 0.717) is 0 Å². The van der Waals surface area contributed by atoms with Gasteiger partial charge in [0.15, 0.2) is 6.61 Å². The predicted molar refractivity (Wildman–Crippen MR) is 125 cm³/mol. The zero-order chi connectivity index (χ0) is 25.5. The van der Waals surface area contributed by atoms with Crippen molar-refractivity contribution in [3.63, 3.8) is 0 Å². The van der Waals surface area contributed by atoms with Gasteiger partial charge in [-0.25, -0.2) is 9.18 Å². The van der Waals surface area contributed by atoms with E-state index in [9.17, 15) is 28.4 Å². The van der Waals surface area contributed by atoms with Crippen LogP contribution in [0.5, 0.6) is 0 Å². The minimum absolute atomic E-state index is 0.00508. The molecule has 0 fully saturated rings. The SMILES string of the molecule is CCn1c(=O)c(C(=O)COC(=O)CNC(=O)c2ccccc2F)c(N)n(Cc2ccccc2)c1=O. The molecule has 182 valence electrons. The summed E-state index contributed by atoms with van der Waals surface area (Å²) in [6, 6.07) is 14.0. The highest BCUT2D eigenvalue weighted by Gasteiger charge is 2.23. The van der Waals surface area contributed by atoms with Gasteiger partial charge >= 0.3 is 11.7 Å². The van der Waals surface area contributed by atoms with Gasteiger partial charge in [0.05, 0.1) is 12.1 Å². The average molecular weight is 482 g/mol. The number of benzene rings is 2. The molecular weight excluding hydrogens is 459 g/mol. The third-order valence-corrected chi connectivity index (χ3v) is 5.12. The number of amides is 1. The first-order valence-electron chi connectivity index (χ1n) is 10.6. The van der Waals surface area contributed by atoms with E-state index in [4.69, 9.17) is 10.5 Å². The third kappa shape index (κ3) is 5.69. The molecule has 3 N–H and O–H groups in total. The highest BCUT2D eigenvalue weighted by molar-refractivity contribution is 6.01. The molecule has 0 aliphatic heterocycles. The molecule has 11 heteroatoms. The van der Waals surface area contributed by atoms with Crippen LogP contribution in [-0.2, 0) is 22.6 Å². The molecule has 0 aliphatic carbocycles. The van der Waals surface area contributed by atoms with E-state index in [2.05, 4.69) is 5.32 Å². The Hall–Kier alpha value is -4.54. The number of hydrogen-bond acceptors (Lipinski definition) is 7. The van der Waals surface area contributed by atoms with E-state index < -0.39 is 53.4 Å². The number of ether oxygens (including phenoxy) is 1. The average Bonchev–Trinajstić information content (AvgIpc) is 2.85. The topological polar surface area (TPSA) is 142 Å². The number of anilines is 1. The van der Waals surface area contributed by atoms with Crippen molar-refractivity contribution >= 4 is 23.5 Å². The lowest BCUT2D eigenvalue weighted by molar-refractivity contribution is -0.141. The lowest BCUT2D eigenvalue weighted by Gasteiger charge is -2.16. The largest absolute Gasteiger partial charge is 0.456 e. The Bertz CT molecular complexity index is 1380. The molecular formula is C24H23FN4O6. The molecule has 0 aliphatic rings. The zero-order valence-corrected chi connectivity index (χ0v) is 18.8. The molecule has 1 heterocycles. The Balaban J connectivity index is 1.74. The molecule has 0 atom stereocenters. The number of aromatic nitrogens is 2. The molecule has 35 heavy (non-hydrogen) atoms. The smallest absolute Gasteiger partial charge is 0.332 e. The summed E-state index contributed by atoms with van der Waals surface area (Å²) in [5.74, 6) is -3.85. The maximum Gasteiger partial charge on any atom is 0.332 e. The number of nitrogens with two attached hydrogens (primary N) is 1. The van der Waals surface area contributed by atoms with Crippen LogP contribution in [0, 0.1) is 5.82 Å². The Morgan fingerprint density at radius 2 is 1.66 bits per heavy atom. The number of rotatable bonds is 9. The van der Waals surface area contributed by atoms with Crippen molar-refractivity contribution in [1.29, 1.82) is 0 Å². The molecule has 0 saturated carbocycles. The number of hydrogen-bond donors (Lipinski definition) is 2. The first kappa shape index (κ1) is 25.1. The van der Waals surface area contributed by atoms with Crippen LogP contribution >= 0.6 is 0 Å². The van der Waals surface area contributed by atoms with Crippen molar-refractivity contribution in [2.75, 3.05) is 18.9 Å². The second kappa shape index (κ2) is 11.1. The molecule has 3 aromatic rings. The highest BCUT2D eigenvalue weighted by Crippen LogP contribution is 2.10. The molecule has 1 amide bonds. The van der Waals surface area contributed by atoms with Gasteiger partial charge in [0.25, 0.3) is 11.5 Å². The molecule has 0 saturated heterocycles. The number of halogens is 1. The summed E-state index contributed by atoms with van der Waals surface area (Å²) in [5.41, 5.74) is 4.44. The van der Waals surface area contributed by atoms with Gasteiger partial charge in [0.2, 0.25) is 5.78 Å². The zero-order valence-electron chi connectivity index (χ0n) is 18.8. The minimum atomic E-state index is -0.991. The standard InChI is InChI=1S/C24H23FN4O6/c1-2-28-23(33)20(21(26)29(24(28)34)13-15-8-4-3-5-9-15)18(30)14-35-19(31)12-27-22(32)16-10-6-7-11-17(16)25/h3-11H,2,12-14,26H2,1H3,(H,27,32). The number of nitrogens with zero attached hydrogens (tertiary/aromatic N) is 2. The maximum absolute atomic E-state index is 13.7. The minimum Gasteiger partial charge on any atom is -0.456 e. The Morgan fingerprint density at radius 1 is 1.00 bits per heavy atom. The van der Waals surface area contributed by atoms with Gasteiger partial charge in [-0.1, -0.05) is 42.5 Å². The summed E-state index contributed by atoms with van der Waals surface area (Å²) in [4.78, 5) is 62.3. The monoisotopic (exact) mass is 482 g/mol. The van der Waals surface area contributed by atoms with Crippen LogP contribution in [0.3, 0.4) is 0 Å². The van der Waals surface area contributed by atoms with Crippen molar-refractivity contribution in [2.24, 2.45) is 0 Å². The van der Waals surface area contributed by atoms with Crippen LogP contribution in [-0.4, -0.2) is 39.9 Å². The fourth-order valence-electron chi connectivity index (χ4n) is 3.34. The Kier molecular flexibility index (Phi) is 7.92. The van der Waals surface area contributed by atoms with Crippen LogP contribution < -0.4 is 22.3 Å². The van der Waals surface area contributed by atoms with E-state index in [0.717, 1.165) is 20.8 Å². The van der Waals surface area contributed by atoms with E-state index in [1.807, 2.05) is 0 Å². The van der Waals surface area contributed by atoms with Crippen molar-refractivity contribution in [1.82, 2.24) is 14.5 Å². The summed E-state index contributed by atoms with van der Waals surface area (Å²) in [5, 5.41) is 2.19. The van der Waals surface area contributed by atoms with Gasteiger partial charge in [-0.3, -0.25) is 28.3 Å². The third-order valence-electron chi connectivity index (χ3n) is 5.12. The van der Waals surface area contributed by atoms with Gasteiger partial charge in [-0.15, -0.1) is 0 Å². The number of Topliss-reactive ketones (excluding diaryl/α,β-unsaturated/α-hetero) is 1. The lowest BCUT2D eigenvalue weighted by Crippen LogP contribution is -2.44. The van der Waals surface area contributed by atoms with Crippen molar-refractivity contribution in [3.05, 3.63) is 97.9 Å². The van der Waals surface area contributed by atoms with E-state index in [1.165, 1.54) is 18.2 Å². The summed E-state index contributed by atoms with van der Waals surface area (Å²) in [7, 11) is 0. The van der Waals surface area contributed by atoms with Crippen molar-refractivity contribution in [3.8, 4) is 0 Å². The van der Waals surface area contributed by atoms with Gasteiger partial charge < -0.3 is 15.8 Å². The molecule has 1 aromatic heterocycles. The normalized spacial score (nSPS) is 10.6. The molecule has 0 radical (unpaired) electrons. The Morgan fingerprint density at radius 3 is 2.31 bits per heavy atom. The molecule has 2 aromatic carbocycles. The second-order valence-electron chi connectivity index (χ2n) is 7.41. The number of carbonyl (C=O) groups is 3. The Labute approximate surface area is 198 Å². The molecule has 10 nitrogen and oxygen atoms in total. The lowest BCUT2D eigenvalue weighted by atomic mass is 10.2. The second-order valence-corrected chi connectivity index (χ2v) is 7.41. The van der Waals surface area contributed by atoms with Crippen LogP contribution in [0.4, 0.5) is 10.2 Å². The number of nitrogen functional groups attached to an aromatic ring is 1. The number of carbonyl (C=O) groups excluding carboxylic acids is 3. The molecule has 0 spiro atoms. The number of ketones is 1. The van der Waals surface area contributed by atoms with Crippen LogP contribution in [0.2, 0.25) is 0 Å². The summed E-state index contributed by atoms with van der Waals surface area (Å²) in [6.45, 7) is 0.102. The maximum atomic E-state index is 13.7. The quantitative estimate of drug-likeness (QED) is 0.342. The van der Waals surface area contributed by atoms with Gasteiger partial charge in [-0.2, -0.15) is 0 Å². The molecule has 3 rings (SSSR count). The summed E-state index contributed by atoms with van der Waals surface area (Å²) < 4.78 is 20.5. The van der Waals surface area contributed by atoms with Crippen LogP contribution in [0.15, 0.2) is 64.2 Å².